The highest BCUT2D eigenvalue weighted by molar-refractivity contribution is 5.70. The molecule has 0 bridgehead atoms. The van der Waals surface area contributed by atoms with Gasteiger partial charge in [0, 0.05) is 6.07 Å². The molecule has 1 aromatic heterocycles. The number of anilines is 1. The Kier molecular flexibility index (Phi) is 3.18. The Morgan fingerprint density at radius 3 is 2.67 bits per heavy atom. The van der Waals surface area contributed by atoms with Crippen LogP contribution in [-0.2, 0) is 0 Å². The van der Waals surface area contributed by atoms with Crippen molar-refractivity contribution in [2.45, 2.75) is 0 Å². The van der Waals surface area contributed by atoms with Gasteiger partial charge in [-0.25, -0.2) is 0 Å². The first-order valence-corrected chi connectivity index (χ1v) is 5.14. The fraction of sp³-hybridized carbons (Fsp3) is 0.167. The summed E-state index contributed by atoms with van der Waals surface area (Å²) in [6, 6.07) is 6.28. The lowest BCUT2D eigenvalue weighted by Crippen LogP contribution is -2.07. The molecule has 0 unspecified atom stereocenters. The summed E-state index contributed by atoms with van der Waals surface area (Å²) in [6.07, 6.45) is 0. The van der Waals surface area contributed by atoms with Crippen molar-refractivity contribution in [1.82, 2.24) is 4.98 Å². The van der Waals surface area contributed by atoms with E-state index in [0.717, 1.165) is 0 Å². The summed E-state index contributed by atoms with van der Waals surface area (Å²) in [4.78, 5) is 14.8. The minimum Gasteiger partial charge on any atom is -0.493 e. The minimum atomic E-state index is -0.473. The van der Waals surface area contributed by atoms with E-state index in [1.54, 1.807) is 18.2 Å². The van der Waals surface area contributed by atoms with Gasteiger partial charge in [0.2, 0.25) is 0 Å². The second-order valence-corrected chi connectivity index (χ2v) is 3.44. The van der Waals surface area contributed by atoms with Crippen LogP contribution in [0.15, 0.2) is 33.5 Å². The topological polar surface area (TPSA) is 87.6 Å². The van der Waals surface area contributed by atoms with Gasteiger partial charge in [-0.3, -0.25) is 4.79 Å². The van der Waals surface area contributed by atoms with Gasteiger partial charge in [-0.2, -0.15) is 4.98 Å². The first-order valence-electron chi connectivity index (χ1n) is 5.14. The van der Waals surface area contributed by atoms with E-state index in [0.29, 0.717) is 17.1 Å². The molecular formula is C12H12N2O4. The number of para-hydroxylation sites is 1. The van der Waals surface area contributed by atoms with Gasteiger partial charge in [0.05, 0.1) is 19.8 Å². The molecule has 1 aromatic carbocycles. The smallest absolute Gasteiger partial charge is 0.295 e. The highest BCUT2D eigenvalue weighted by Gasteiger charge is 2.14. The van der Waals surface area contributed by atoms with Gasteiger partial charge >= 0.3 is 0 Å². The second-order valence-electron chi connectivity index (χ2n) is 3.44. The van der Waals surface area contributed by atoms with Crippen molar-refractivity contribution in [3.63, 3.8) is 0 Å². The lowest BCUT2D eigenvalue weighted by Gasteiger charge is -2.11. The summed E-state index contributed by atoms with van der Waals surface area (Å²) in [5, 5.41) is 0. The molecule has 6 heteroatoms. The number of nitrogens with two attached hydrogens (primary N) is 1. The Labute approximate surface area is 103 Å². The molecule has 0 atom stereocenters. The lowest BCUT2D eigenvalue weighted by atomic mass is 10.1. The average molecular weight is 248 g/mol. The van der Waals surface area contributed by atoms with Crippen LogP contribution < -0.4 is 20.8 Å². The third-order valence-electron chi connectivity index (χ3n) is 2.36. The number of nitrogens with zero attached hydrogens (tertiary/aromatic N) is 1. The largest absolute Gasteiger partial charge is 0.493 e. The zero-order chi connectivity index (χ0) is 13.1. The lowest BCUT2D eigenvalue weighted by molar-refractivity contribution is 0.355. The molecule has 0 aliphatic carbocycles. The van der Waals surface area contributed by atoms with Crippen molar-refractivity contribution in [2.24, 2.45) is 0 Å². The van der Waals surface area contributed by atoms with Gasteiger partial charge in [-0.05, 0) is 12.1 Å². The molecule has 94 valence electrons. The van der Waals surface area contributed by atoms with Crippen molar-refractivity contribution < 1.29 is 13.9 Å². The number of aromatic nitrogens is 1. The van der Waals surface area contributed by atoms with Crippen LogP contribution in [0.25, 0.3) is 11.3 Å². The fourth-order valence-corrected chi connectivity index (χ4v) is 1.63. The van der Waals surface area contributed by atoms with E-state index < -0.39 is 5.56 Å². The maximum absolute atomic E-state index is 11.3. The highest BCUT2D eigenvalue weighted by atomic mass is 16.5. The Balaban J connectivity index is 2.66. The van der Waals surface area contributed by atoms with E-state index in [-0.39, 0.29) is 11.8 Å². The Morgan fingerprint density at radius 1 is 1.28 bits per heavy atom. The number of ether oxygens (including phenoxy) is 2. The molecule has 18 heavy (non-hydrogen) atoms. The first-order chi connectivity index (χ1) is 8.65. The van der Waals surface area contributed by atoms with E-state index in [1.165, 1.54) is 20.3 Å². The molecule has 2 rings (SSSR count). The van der Waals surface area contributed by atoms with Gasteiger partial charge in [-0.1, -0.05) is 6.07 Å². The molecule has 1 heterocycles. The van der Waals surface area contributed by atoms with E-state index in [9.17, 15) is 4.79 Å². The van der Waals surface area contributed by atoms with Crippen LogP contribution in [0.4, 0.5) is 6.01 Å². The molecule has 0 fully saturated rings. The molecule has 0 saturated heterocycles. The van der Waals surface area contributed by atoms with E-state index in [1.807, 2.05) is 0 Å². The van der Waals surface area contributed by atoms with Crippen molar-refractivity contribution >= 4 is 6.01 Å². The minimum absolute atomic E-state index is 0.192. The van der Waals surface area contributed by atoms with Gasteiger partial charge in [0.25, 0.3) is 11.6 Å². The van der Waals surface area contributed by atoms with Gasteiger partial charge in [0.15, 0.2) is 11.5 Å². The van der Waals surface area contributed by atoms with Crippen LogP contribution in [0.1, 0.15) is 0 Å². The summed E-state index contributed by atoms with van der Waals surface area (Å²) in [7, 11) is 3.03. The van der Waals surface area contributed by atoms with Crippen LogP contribution in [0, 0.1) is 0 Å². The second kappa shape index (κ2) is 4.79. The maximum Gasteiger partial charge on any atom is 0.295 e. The molecule has 2 N–H and O–H groups in total. The molecule has 0 amide bonds. The molecule has 0 aliphatic rings. The molecule has 0 saturated carbocycles. The van der Waals surface area contributed by atoms with Crippen LogP contribution in [0.5, 0.6) is 11.5 Å². The Hall–Kier alpha value is -2.50. The zero-order valence-corrected chi connectivity index (χ0v) is 9.97. The fourth-order valence-electron chi connectivity index (χ4n) is 1.63. The average Bonchev–Trinajstić information content (AvgIpc) is 2.36. The Bertz CT molecular complexity index is 622. The predicted molar refractivity (Wildman–Crippen MR) is 65.7 cm³/mol. The van der Waals surface area contributed by atoms with Crippen LogP contribution in [0.2, 0.25) is 0 Å². The Morgan fingerprint density at radius 2 is 2.06 bits per heavy atom. The first kappa shape index (κ1) is 12.0. The van der Waals surface area contributed by atoms with E-state index in [2.05, 4.69) is 4.98 Å². The van der Waals surface area contributed by atoms with Crippen LogP contribution in [-0.4, -0.2) is 19.2 Å². The number of benzene rings is 1. The van der Waals surface area contributed by atoms with E-state index in [4.69, 9.17) is 19.6 Å². The third-order valence-corrected chi connectivity index (χ3v) is 2.36. The van der Waals surface area contributed by atoms with Crippen LogP contribution >= 0.6 is 0 Å². The number of hydrogen-bond donors (Lipinski definition) is 1. The zero-order valence-electron chi connectivity index (χ0n) is 9.97. The monoisotopic (exact) mass is 248 g/mol. The predicted octanol–water partition coefficient (Wildman–Crippen LogP) is 1.30. The third kappa shape index (κ3) is 2.13. The quantitative estimate of drug-likeness (QED) is 0.880. The van der Waals surface area contributed by atoms with Crippen LogP contribution in [0.3, 0.4) is 0 Å². The summed E-state index contributed by atoms with van der Waals surface area (Å²) >= 11 is 0. The number of nitrogen functional groups attached to an aromatic ring is 1. The van der Waals surface area contributed by atoms with Gasteiger partial charge in [-0.15, -0.1) is 0 Å². The standard InChI is InChI=1S/C12H12N2O4/c1-16-8-5-3-4-7(11(8)17-2)9-6-10(15)14-12(13)18-9/h3-6H,1-2H3,(H2,13,14,15). The number of methoxy groups -OCH3 is 2. The van der Waals surface area contributed by atoms with Crippen molar-refractivity contribution in [2.75, 3.05) is 20.0 Å². The van der Waals surface area contributed by atoms with Crippen molar-refractivity contribution in [3.05, 3.63) is 34.6 Å². The molecule has 0 aliphatic heterocycles. The summed E-state index contributed by atoms with van der Waals surface area (Å²) < 4.78 is 15.6. The summed E-state index contributed by atoms with van der Waals surface area (Å²) in [5.74, 6) is 1.28. The summed E-state index contributed by atoms with van der Waals surface area (Å²) in [6.45, 7) is 0. The highest BCUT2D eigenvalue weighted by Crippen LogP contribution is 2.37. The molecule has 0 radical (unpaired) electrons. The SMILES string of the molecule is COc1cccc(-c2cc(=O)nc(N)o2)c1OC. The van der Waals surface area contributed by atoms with E-state index >= 15 is 0 Å². The number of hydrogen-bond acceptors (Lipinski definition) is 6. The maximum atomic E-state index is 11.3. The van der Waals surface area contributed by atoms with Gasteiger partial charge in [0.1, 0.15) is 5.76 Å². The van der Waals surface area contributed by atoms with Crippen molar-refractivity contribution in [1.29, 1.82) is 0 Å². The van der Waals surface area contributed by atoms with Crippen molar-refractivity contribution in [3.8, 4) is 22.8 Å². The molecule has 2 aromatic rings. The number of rotatable bonds is 3. The molecular weight excluding hydrogens is 236 g/mol. The molecule has 6 nitrogen and oxygen atoms in total. The normalized spacial score (nSPS) is 10.1. The van der Waals surface area contributed by atoms with Gasteiger partial charge < -0.3 is 19.6 Å². The summed E-state index contributed by atoms with van der Waals surface area (Å²) in [5.41, 5.74) is 5.51. The molecule has 0 spiro atoms.